The van der Waals surface area contributed by atoms with Gasteiger partial charge < -0.3 is 9.32 Å². The van der Waals surface area contributed by atoms with Gasteiger partial charge in [0.15, 0.2) is 5.58 Å². The van der Waals surface area contributed by atoms with Gasteiger partial charge in [0.05, 0.1) is 16.8 Å². The van der Waals surface area contributed by atoms with Crippen LogP contribution in [0, 0.1) is 0 Å². The molecule has 0 aliphatic heterocycles. The highest BCUT2D eigenvalue weighted by Gasteiger charge is 2.47. The molecule has 2 aromatic heterocycles. The maximum atomic E-state index is 6.98. The molecule has 0 radical (unpaired) electrons. The number of aromatic nitrogens is 1. The van der Waals surface area contributed by atoms with Gasteiger partial charge in [-0.15, -0.1) is 0 Å². The van der Waals surface area contributed by atoms with E-state index in [4.69, 9.17) is 9.40 Å². The normalized spacial score (nSPS) is 12.9. The van der Waals surface area contributed by atoms with Crippen LogP contribution in [0.5, 0.6) is 0 Å². The monoisotopic (exact) mass is 702 g/mol. The van der Waals surface area contributed by atoms with Gasteiger partial charge in [-0.1, -0.05) is 170 Å². The fraction of sp³-hybridized carbons (Fsp3) is 0.0192. The Bertz CT molecular complexity index is 2980. The summed E-state index contributed by atoms with van der Waals surface area (Å²) in [6.07, 6.45) is 1.92. The molecule has 0 atom stereocenters. The first kappa shape index (κ1) is 31.3. The summed E-state index contributed by atoms with van der Waals surface area (Å²) < 4.78 is 6.98. The van der Waals surface area contributed by atoms with Crippen LogP contribution >= 0.6 is 0 Å². The predicted octanol–water partition coefficient (Wildman–Crippen LogP) is 13.6. The first-order valence-corrected chi connectivity index (χ1v) is 18.8. The number of nitrogens with zero attached hydrogens (tertiary/aromatic N) is 2. The van der Waals surface area contributed by atoms with Crippen LogP contribution < -0.4 is 4.90 Å². The Hall–Kier alpha value is -7.23. The molecule has 11 rings (SSSR count). The molecular weight excluding hydrogens is 669 g/mol. The van der Waals surface area contributed by atoms with Crippen molar-refractivity contribution < 1.29 is 4.42 Å². The zero-order valence-corrected chi connectivity index (χ0v) is 29.9. The SMILES string of the molecule is c1ccc(-c2ccc(N(c3cccc4c3-c3ccccc3C4(c3ccccc3)c3ccccc3)c3ccnc4c3oc3c5ccccc5ccc43)cc2)cc1. The van der Waals surface area contributed by atoms with Crippen LogP contribution in [0.15, 0.2) is 211 Å². The van der Waals surface area contributed by atoms with E-state index in [1.807, 2.05) is 6.20 Å². The fourth-order valence-corrected chi connectivity index (χ4v) is 9.05. The highest BCUT2D eigenvalue weighted by Crippen LogP contribution is 2.59. The minimum Gasteiger partial charge on any atom is -0.451 e. The van der Waals surface area contributed by atoms with Gasteiger partial charge in [-0.2, -0.15) is 0 Å². The molecule has 0 unspecified atom stereocenters. The zero-order chi connectivity index (χ0) is 36.3. The summed E-state index contributed by atoms with van der Waals surface area (Å²) in [4.78, 5) is 7.33. The average Bonchev–Trinajstić information content (AvgIpc) is 3.80. The zero-order valence-electron chi connectivity index (χ0n) is 29.9. The van der Waals surface area contributed by atoms with Crippen molar-refractivity contribution in [2.45, 2.75) is 5.41 Å². The van der Waals surface area contributed by atoms with Crippen LogP contribution in [0.4, 0.5) is 17.1 Å². The molecule has 258 valence electrons. The van der Waals surface area contributed by atoms with Crippen molar-refractivity contribution >= 4 is 49.9 Å². The highest BCUT2D eigenvalue weighted by molar-refractivity contribution is 6.16. The number of rotatable bonds is 6. The second-order valence-corrected chi connectivity index (χ2v) is 14.2. The number of hydrogen-bond donors (Lipinski definition) is 0. The van der Waals surface area contributed by atoms with Crippen LogP contribution in [0.3, 0.4) is 0 Å². The summed E-state index contributed by atoms with van der Waals surface area (Å²) in [6, 6.07) is 71.9. The minimum absolute atomic E-state index is 0.529. The number of pyridine rings is 1. The largest absolute Gasteiger partial charge is 0.451 e. The van der Waals surface area contributed by atoms with Gasteiger partial charge >= 0.3 is 0 Å². The molecule has 0 saturated carbocycles. The third-order valence-electron chi connectivity index (χ3n) is 11.4. The summed E-state index contributed by atoms with van der Waals surface area (Å²) in [6.45, 7) is 0. The Morgan fingerprint density at radius 1 is 0.436 bits per heavy atom. The molecule has 0 bridgehead atoms. The Morgan fingerprint density at radius 2 is 1.07 bits per heavy atom. The maximum absolute atomic E-state index is 6.98. The summed E-state index contributed by atoms with van der Waals surface area (Å²) in [5.74, 6) is 0. The molecule has 1 aliphatic carbocycles. The number of benzene rings is 8. The van der Waals surface area contributed by atoms with Gasteiger partial charge in [0.25, 0.3) is 0 Å². The first-order chi connectivity index (χ1) is 27.3. The van der Waals surface area contributed by atoms with E-state index in [0.717, 1.165) is 55.5 Å². The topological polar surface area (TPSA) is 29.3 Å². The predicted molar refractivity (Wildman–Crippen MR) is 226 cm³/mol. The van der Waals surface area contributed by atoms with E-state index in [-0.39, 0.29) is 0 Å². The van der Waals surface area contributed by atoms with Gasteiger partial charge in [-0.05, 0) is 74.7 Å². The highest BCUT2D eigenvalue weighted by atomic mass is 16.3. The summed E-state index contributed by atoms with van der Waals surface area (Å²) in [5.41, 5.74) is 14.7. The van der Waals surface area contributed by atoms with Crippen molar-refractivity contribution in [1.82, 2.24) is 4.98 Å². The standard InChI is InChI=1S/C52H34N2O/c1-4-15-35(16-5-1)36-27-30-40(31-28-36)54(47-33-34-53-49-43-32-29-37-17-10-11-22-41(37)50(43)55-51(47)49)46-26-14-25-45-48(46)42-23-12-13-24-44(42)52(45,38-18-6-2-7-19-38)39-20-8-3-9-21-39/h1-34H. The number of hydrogen-bond acceptors (Lipinski definition) is 3. The molecule has 55 heavy (non-hydrogen) atoms. The van der Waals surface area contributed by atoms with Crippen molar-refractivity contribution in [3.63, 3.8) is 0 Å². The van der Waals surface area contributed by atoms with E-state index in [9.17, 15) is 0 Å². The molecule has 0 amide bonds. The molecule has 2 heterocycles. The number of fused-ring (bicyclic) bond motifs is 8. The molecule has 3 nitrogen and oxygen atoms in total. The average molecular weight is 703 g/mol. The van der Waals surface area contributed by atoms with Gasteiger partial charge in [-0.25, -0.2) is 0 Å². The van der Waals surface area contributed by atoms with Crippen LogP contribution in [-0.4, -0.2) is 4.98 Å². The van der Waals surface area contributed by atoms with E-state index >= 15 is 0 Å². The minimum atomic E-state index is -0.529. The molecular formula is C52H34N2O. The van der Waals surface area contributed by atoms with Crippen molar-refractivity contribution in [3.8, 4) is 22.3 Å². The van der Waals surface area contributed by atoms with Gasteiger partial charge in [0.1, 0.15) is 11.1 Å². The van der Waals surface area contributed by atoms with Crippen LogP contribution in [0.25, 0.3) is 55.1 Å². The van der Waals surface area contributed by atoms with Gasteiger partial charge in [0.2, 0.25) is 0 Å². The van der Waals surface area contributed by atoms with E-state index in [1.165, 1.54) is 38.9 Å². The van der Waals surface area contributed by atoms with E-state index in [2.05, 4.69) is 205 Å². The first-order valence-electron chi connectivity index (χ1n) is 18.8. The van der Waals surface area contributed by atoms with E-state index in [0.29, 0.717) is 0 Å². The van der Waals surface area contributed by atoms with E-state index < -0.39 is 5.41 Å². The van der Waals surface area contributed by atoms with Gasteiger partial charge in [-0.3, -0.25) is 4.98 Å². The second-order valence-electron chi connectivity index (χ2n) is 14.2. The quantitative estimate of drug-likeness (QED) is 0.173. The van der Waals surface area contributed by atoms with Gasteiger partial charge in [0, 0.05) is 28.2 Å². The molecule has 1 aliphatic rings. The fourth-order valence-electron chi connectivity index (χ4n) is 9.05. The third-order valence-corrected chi connectivity index (χ3v) is 11.4. The van der Waals surface area contributed by atoms with Crippen LogP contribution in [0.1, 0.15) is 22.3 Å². The Labute approximate surface area is 319 Å². The lowest BCUT2D eigenvalue weighted by Crippen LogP contribution is -2.28. The summed E-state index contributed by atoms with van der Waals surface area (Å²) in [7, 11) is 0. The molecule has 0 fully saturated rings. The smallest absolute Gasteiger partial charge is 0.177 e. The summed E-state index contributed by atoms with van der Waals surface area (Å²) in [5, 5.41) is 3.22. The molecule has 3 heteroatoms. The molecule has 0 N–H and O–H groups in total. The summed E-state index contributed by atoms with van der Waals surface area (Å²) >= 11 is 0. The Balaban J connectivity index is 1.23. The lowest BCUT2D eigenvalue weighted by molar-refractivity contribution is 0.672. The van der Waals surface area contributed by atoms with Crippen molar-refractivity contribution in [2.75, 3.05) is 4.90 Å². The third kappa shape index (κ3) is 4.66. The Morgan fingerprint density at radius 3 is 1.84 bits per heavy atom. The van der Waals surface area contributed by atoms with Crippen LogP contribution in [-0.2, 0) is 5.41 Å². The molecule has 10 aromatic rings. The lowest BCUT2D eigenvalue weighted by atomic mass is 9.68. The second kappa shape index (κ2) is 12.4. The Kier molecular flexibility index (Phi) is 7.08. The van der Waals surface area contributed by atoms with Crippen molar-refractivity contribution in [1.29, 1.82) is 0 Å². The lowest BCUT2D eigenvalue weighted by Gasteiger charge is -2.34. The number of furan rings is 1. The van der Waals surface area contributed by atoms with Crippen molar-refractivity contribution in [3.05, 3.63) is 229 Å². The molecule has 0 saturated heterocycles. The molecule has 0 spiro atoms. The maximum Gasteiger partial charge on any atom is 0.177 e. The van der Waals surface area contributed by atoms with Crippen LogP contribution in [0.2, 0.25) is 0 Å². The van der Waals surface area contributed by atoms with E-state index in [1.54, 1.807) is 0 Å². The molecule has 8 aromatic carbocycles. The van der Waals surface area contributed by atoms with Crippen molar-refractivity contribution in [2.24, 2.45) is 0 Å². The number of anilines is 3.